The third-order valence-electron chi connectivity index (χ3n) is 3.23. The number of aromatic nitrogens is 1. The van der Waals surface area contributed by atoms with Crippen LogP contribution in [0, 0.1) is 0 Å². The van der Waals surface area contributed by atoms with Gasteiger partial charge in [-0.25, -0.2) is 4.98 Å². The molecular formula is C16H12N2O5S. The zero-order chi connectivity index (χ0) is 17.3. The van der Waals surface area contributed by atoms with E-state index in [-0.39, 0.29) is 28.6 Å². The largest absolute Gasteiger partial charge is 0.504 e. The highest BCUT2D eigenvalue weighted by Gasteiger charge is 2.12. The number of amides is 1. The van der Waals surface area contributed by atoms with Crippen molar-refractivity contribution in [1.82, 2.24) is 4.98 Å². The molecule has 0 aliphatic heterocycles. The molecule has 7 nitrogen and oxygen atoms in total. The zero-order valence-corrected chi connectivity index (χ0v) is 12.9. The van der Waals surface area contributed by atoms with Gasteiger partial charge in [-0.1, -0.05) is 0 Å². The van der Waals surface area contributed by atoms with Crippen LogP contribution >= 0.6 is 11.3 Å². The number of phenolic OH excluding ortho intramolecular Hbond substituents is 4. The summed E-state index contributed by atoms with van der Waals surface area (Å²) in [5.74, 6) is -1.67. The van der Waals surface area contributed by atoms with Gasteiger partial charge in [0.15, 0.2) is 28.1 Å². The van der Waals surface area contributed by atoms with E-state index in [1.807, 2.05) is 0 Å². The van der Waals surface area contributed by atoms with E-state index in [0.717, 1.165) is 6.07 Å². The van der Waals surface area contributed by atoms with E-state index < -0.39 is 5.91 Å². The maximum Gasteiger partial charge on any atom is 0.257 e. The molecule has 0 bridgehead atoms. The molecule has 0 spiro atoms. The van der Waals surface area contributed by atoms with Gasteiger partial charge >= 0.3 is 0 Å². The minimum Gasteiger partial charge on any atom is -0.504 e. The number of thiazole rings is 1. The number of hydrogen-bond donors (Lipinski definition) is 5. The van der Waals surface area contributed by atoms with Crippen molar-refractivity contribution in [3.05, 3.63) is 47.3 Å². The van der Waals surface area contributed by atoms with Crippen LogP contribution in [0.4, 0.5) is 5.13 Å². The molecule has 0 atom stereocenters. The van der Waals surface area contributed by atoms with E-state index in [0.29, 0.717) is 16.4 Å². The van der Waals surface area contributed by atoms with Gasteiger partial charge in [-0.05, 0) is 36.4 Å². The first-order chi connectivity index (χ1) is 11.4. The predicted molar refractivity (Wildman–Crippen MR) is 88.6 cm³/mol. The van der Waals surface area contributed by atoms with Crippen LogP contribution < -0.4 is 5.32 Å². The summed E-state index contributed by atoms with van der Waals surface area (Å²) < 4.78 is 0. The minimum atomic E-state index is -0.486. The number of nitrogens with zero attached hydrogens (tertiary/aromatic N) is 1. The van der Waals surface area contributed by atoms with Crippen LogP contribution in [0.3, 0.4) is 0 Å². The molecule has 3 rings (SSSR count). The van der Waals surface area contributed by atoms with Gasteiger partial charge in [0.1, 0.15) is 0 Å². The van der Waals surface area contributed by atoms with Crippen LogP contribution in [0.1, 0.15) is 10.4 Å². The molecule has 0 saturated carbocycles. The van der Waals surface area contributed by atoms with Crippen LogP contribution in [-0.2, 0) is 0 Å². The van der Waals surface area contributed by atoms with Gasteiger partial charge in [-0.15, -0.1) is 11.3 Å². The van der Waals surface area contributed by atoms with Crippen molar-refractivity contribution >= 4 is 22.4 Å². The van der Waals surface area contributed by atoms with Crippen molar-refractivity contribution in [2.24, 2.45) is 0 Å². The summed E-state index contributed by atoms with van der Waals surface area (Å²) in [5.41, 5.74) is 1.29. The van der Waals surface area contributed by atoms with Gasteiger partial charge in [-0.3, -0.25) is 10.1 Å². The number of carbonyl (C=O) groups is 1. The molecule has 2 aromatic carbocycles. The standard InChI is InChI=1S/C16H12N2O5S/c19-11-3-1-8(5-13(11)21)10-7-24-16(17-10)18-15(23)9-2-4-12(20)14(22)6-9/h1-7,19-22H,(H,17,18,23). The fourth-order valence-corrected chi connectivity index (χ4v) is 2.70. The lowest BCUT2D eigenvalue weighted by molar-refractivity contribution is 0.102. The summed E-state index contributed by atoms with van der Waals surface area (Å²) in [7, 11) is 0. The van der Waals surface area contributed by atoms with Crippen molar-refractivity contribution in [2.45, 2.75) is 0 Å². The second kappa shape index (κ2) is 6.09. The van der Waals surface area contributed by atoms with Crippen LogP contribution in [0.5, 0.6) is 23.0 Å². The molecule has 1 heterocycles. The van der Waals surface area contributed by atoms with E-state index in [2.05, 4.69) is 10.3 Å². The Morgan fingerprint density at radius 2 is 1.58 bits per heavy atom. The first-order valence-electron chi connectivity index (χ1n) is 6.75. The zero-order valence-electron chi connectivity index (χ0n) is 12.1. The molecule has 8 heteroatoms. The van der Waals surface area contributed by atoms with Crippen molar-refractivity contribution in [1.29, 1.82) is 0 Å². The first-order valence-corrected chi connectivity index (χ1v) is 7.63. The van der Waals surface area contributed by atoms with Crippen LogP contribution in [0.15, 0.2) is 41.8 Å². The number of hydrogen-bond acceptors (Lipinski definition) is 7. The van der Waals surface area contributed by atoms with Crippen molar-refractivity contribution in [3.8, 4) is 34.3 Å². The van der Waals surface area contributed by atoms with Gasteiger partial charge in [0, 0.05) is 16.5 Å². The molecule has 1 aromatic heterocycles. The van der Waals surface area contributed by atoms with Crippen molar-refractivity contribution in [2.75, 3.05) is 5.32 Å². The molecule has 3 aromatic rings. The Balaban J connectivity index is 1.79. The van der Waals surface area contributed by atoms with E-state index in [1.165, 1.54) is 35.6 Å². The second-order valence-corrected chi connectivity index (χ2v) is 5.76. The Morgan fingerprint density at radius 1 is 0.917 bits per heavy atom. The highest BCUT2D eigenvalue weighted by Crippen LogP contribution is 2.32. The summed E-state index contributed by atoms with van der Waals surface area (Å²) >= 11 is 1.19. The SMILES string of the molecule is O=C(Nc1nc(-c2ccc(O)c(O)c2)cs1)c1ccc(O)c(O)c1. The highest BCUT2D eigenvalue weighted by atomic mass is 32.1. The lowest BCUT2D eigenvalue weighted by Crippen LogP contribution is -2.11. The quantitative estimate of drug-likeness (QED) is 0.466. The van der Waals surface area contributed by atoms with Gasteiger partial charge in [0.2, 0.25) is 0 Å². The molecule has 0 aliphatic rings. The Hall–Kier alpha value is -3.26. The van der Waals surface area contributed by atoms with Gasteiger partial charge in [0.05, 0.1) is 5.69 Å². The minimum absolute atomic E-state index is 0.171. The molecule has 0 radical (unpaired) electrons. The number of anilines is 1. The third kappa shape index (κ3) is 3.08. The molecule has 0 saturated heterocycles. The number of phenols is 4. The Kier molecular flexibility index (Phi) is 3.97. The Morgan fingerprint density at radius 3 is 2.25 bits per heavy atom. The molecule has 5 N–H and O–H groups in total. The normalized spacial score (nSPS) is 10.5. The van der Waals surface area contributed by atoms with Gasteiger partial charge in [0.25, 0.3) is 5.91 Å². The fraction of sp³-hybridized carbons (Fsp3) is 0. The monoisotopic (exact) mass is 344 g/mol. The second-order valence-electron chi connectivity index (χ2n) is 4.90. The molecule has 122 valence electrons. The topological polar surface area (TPSA) is 123 Å². The average Bonchev–Trinajstić information content (AvgIpc) is 3.01. The van der Waals surface area contributed by atoms with Crippen LogP contribution in [0.2, 0.25) is 0 Å². The van der Waals surface area contributed by atoms with Crippen molar-refractivity contribution in [3.63, 3.8) is 0 Å². The lowest BCUT2D eigenvalue weighted by Gasteiger charge is -2.03. The maximum atomic E-state index is 12.1. The van der Waals surface area contributed by atoms with E-state index in [1.54, 1.807) is 11.4 Å². The molecule has 0 aliphatic carbocycles. The number of rotatable bonds is 3. The summed E-state index contributed by atoms with van der Waals surface area (Å²) in [6, 6.07) is 8.05. The van der Waals surface area contributed by atoms with Gasteiger partial charge in [-0.2, -0.15) is 0 Å². The first kappa shape index (κ1) is 15.6. The average molecular weight is 344 g/mol. The van der Waals surface area contributed by atoms with E-state index in [4.69, 9.17) is 0 Å². The molecule has 0 fully saturated rings. The van der Waals surface area contributed by atoms with Crippen molar-refractivity contribution < 1.29 is 25.2 Å². The summed E-state index contributed by atoms with van der Waals surface area (Å²) in [4.78, 5) is 16.4. The Bertz CT molecular complexity index is 923. The number of benzene rings is 2. The maximum absolute atomic E-state index is 12.1. The Labute approximate surface area is 140 Å². The lowest BCUT2D eigenvalue weighted by atomic mass is 10.1. The number of nitrogens with one attached hydrogen (secondary N) is 1. The highest BCUT2D eigenvalue weighted by molar-refractivity contribution is 7.14. The third-order valence-corrected chi connectivity index (χ3v) is 3.99. The molecule has 24 heavy (non-hydrogen) atoms. The van der Waals surface area contributed by atoms with Gasteiger partial charge < -0.3 is 20.4 Å². The molecular weight excluding hydrogens is 332 g/mol. The molecule has 0 unspecified atom stereocenters. The van der Waals surface area contributed by atoms with E-state index >= 15 is 0 Å². The summed E-state index contributed by atoms with van der Waals surface area (Å²) in [6.45, 7) is 0. The van der Waals surface area contributed by atoms with E-state index in [9.17, 15) is 25.2 Å². The summed E-state index contributed by atoms with van der Waals surface area (Å²) in [5, 5.41) is 42.1. The molecule has 1 amide bonds. The summed E-state index contributed by atoms with van der Waals surface area (Å²) in [6.07, 6.45) is 0. The smallest absolute Gasteiger partial charge is 0.257 e. The van der Waals surface area contributed by atoms with Crippen LogP contribution in [0.25, 0.3) is 11.3 Å². The number of aromatic hydroxyl groups is 4. The van der Waals surface area contributed by atoms with Crippen LogP contribution in [-0.4, -0.2) is 31.3 Å². The predicted octanol–water partition coefficient (Wildman–Crippen LogP) is 2.88. The fourth-order valence-electron chi connectivity index (χ4n) is 1.98. The number of carbonyl (C=O) groups excluding carboxylic acids is 1.